The van der Waals surface area contributed by atoms with E-state index in [4.69, 9.17) is 0 Å². The van der Waals surface area contributed by atoms with E-state index in [9.17, 15) is 0 Å². The van der Waals surface area contributed by atoms with Gasteiger partial charge in [0.05, 0.1) is 5.41 Å². The van der Waals surface area contributed by atoms with Gasteiger partial charge in [-0.25, -0.2) is 0 Å². The summed E-state index contributed by atoms with van der Waals surface area (Å²) in [5.41, 5.74) is 31.8. The Morgan fingerprint density at radius 1 is 0.130 bits per heavy atom. The monoisotopic (exact) mass is 1560 g/mol. The second-order valence-electron chi connectivity index (χ2n) is 32.6. The maximum atomic E-state index is 2.50. The third-order valence-corrected chi connectivity index (χ3v) is 25.7. The van der Waals surface area contributed by atoms with Crippen LogP contribution in [0.1, 0.15) is 22.3 Å². The van der Waals surface area contributed by atoms with E-state index < -0.39 is 5.41 Å². The quantitative estimate of drug-likeness (QED) is 0.0890. The summed E-state index contributed by atoms with van der Waals surface area (Å²) in [7, 11) is 0. The van der Waals surface area contributed by atoms with Crippen molar-refractivity contribution in [3.8, 4) is 100 Å². The molecule has 0 radical (unpaired) electrons. The van der Waals surface area contributed by atoms with Gasteiger partial charge >= 0.3 is 0 Å². The van der Waals surface area contributed by atoms with Gasteiger partial charge in [-0.1, -0.05) is 388 Å². The maximum absolute atomic E-state index is 2.50. The predicted molar refractivity (Wildman–Crippen MR) is 522 cm³/mol. The van der Waals surface area contributed by atoms with Gasteiger partial charge in [0.25, 0.3) is 0 Å². The van der Waals surface area contributed by atoms with Crippen LogP contribution < -0.4 is 9.80 Å². The lowest BCUT2D eigenvalue weighted by Crippen LogP contribution is -2.28. The normalized spacial score (nSPS) is 12.1. The van der Waals surface area contributed by atoms with E-state index in [-0.39, 0.29) is 0 Å². The van der Waals surface area contributed by atoms with Gasteiger partial charge in [-0.3, -0.25) is 0 Å². The van der Waals surface area contributed by atoms with E-state index in [1.54, 1.807) is 0 Å². The van der Waals surface area contributed by atoms with Crippen molar-refractivity contribution in [1.29, 1.82) is 0 Å². The number of hydrogen-bond acceptors (Lipinski definition) is 2. The molecule has 0 saturated carbocycles. The molecule has 0 atom stereocenters. The lowest BCUT2D eigenvalue weighted by molar-refractivity contribution is 0.768. The highest BCUT2D eigenvalue weighted by molar-refractivity contribution is 6.09. The highest BCUT2D eigenvalue weighted by atomic mass is 15.1. The van der Waals surface area contributed by atoms with Crippen molar-refractivity contribution < 1.29 is 0 Å². The molecule has 574 valence electrons. The molecule has 0 bridgehead atoms. The van der Waals surface area contributed by atoms with Crippen LogP contribution in [0.15, 0.2) is 485 Å². The molecule has 2 nitrogen and oxygen atoms in total. The number of rotatable bonds is 16. The molecule has 22 aromatic carbocycles. The Morgan fingerprint density at radius 3 is 0.959 bits per heavy atom. The molecule has 0 amide bonds. The van der Waals surface area contributed by atoms with Gasteiger partial charge in [0.1, 0.15) is 0 Å². The Labute approximate surface area is 716 Å². The molecule has 2 heteroatoms. The summed E-state index contributed by atoms with van der Waals surface area (Å²) in [6, 6.07) is 180. The van der Waals surface area contributed by atoms with Crippen molar-refractivity contribution >= 4 is 98.8 Å². The van der Waals surface area contributed by atoms with Gasteiger partial charge in [-0.05, 0) is 284 Å². The molecule has 0 N–H and O–H groups in total. The minimum Gasteiger partial charge on any atom is -0.310 e. The Kier molecular flexibility index (Phi) is 17.9. The summed E-state index contributed by atoms with van der Waals surface area (Å²) >= 11 is 0. The molecule has 0 aromatic heterocycles. The van der Waals surface area contributed by atoms with Gasteiger partial charge in [-0.15, -0.1) is 0 Å². The third-order valence-electron chi connectivity index (χ3n) is 25.7. The summed E-state index contributed by atoms with van der Waals surface area (Å²) in [4.78, 5) is 4.86. The van der Waals surface area contributed by atoms with Crippen LogP contribution in [0.5, 0.6) is 0 Å². The zero-order chi connectivity index (χ0) is 81.3. The zero-order valence-electron chi connectivity index (χ0n) is 67.6. The molecule has 0 heterocycles. The summed E-state index contributed by atoms with van der Waals surface area (Å²) in [6.45, 7) is 0. The molecule has 0 aliphatic heterocycles. The molecule has 1 aliphatic carbocycles. The second kappa shape index (κ2) is 30.4. The van der Waals surface area contributed by atoms with Gasteiger partial charge in [0.2, 0.25) is 0 Å². The standard InChI is InChI=1S/C121H80N2/c1-3-32-99(33-4-1)121(100-34-5-2-6-35-100)119-73-63-93(78-118(119)116-72-70-106(80-120(116)121)123(105-37-18-31-96(77-105)113-45-21-29-88-24-9-14-40-109(88)113)103-66-58-84(59-67-103)81-46-50-90(51-47-81)111-43-19-27-86-22-7-12-38-107(86)111)98-75-94-26-11-16-42-114(94)117(79-98)91-52-48-82(49-53-91)83-56-64-101(65-57-83)122(104-36-17-30-95(76-104)112-44-20-28-87-23-8-13-39-108(87)112)102-68-60-85(61-69-102)92-62-71-115-97(74-92)55-54-89-25-10-15-41-110(89)115/h1-80H. The first-order valence-corrected chi connectivity index (χ1v) is 42.6. The van der Waals surface area contributed by atoms with E-state index in [0.29, 0.717) is 0 Å². The van der Waals surface area contributed by atoms with E-state index in [1.807, 2.05) is 0 Å². The average Bonchev–Trinajstić information content (AvgIpc) is 1.53. The molecule has 123 heavy (non-hydrogen) atoms. The van der Waals surface area contributed by atoms with E-state index in [0.717, 1.165) is 73.1 Å². The van der Waals surface area contributed by atoms with Crippen LogP contribution in [0, 0.1) is 0 Å². The van der Waals surface area contributed by atoms with Crippen LogP contribution in [0.4, 0.5) is 34.1 Å². The molecule has 23 rings (SSSR count). The van der Waals surface area contributed by atoms with Gasteiger partial charge in [0, 0.05) is 34.1 Å². The summed E-state index contributed by atoms with van der Waals surface area (Å²) in [5, 5.41) is 14.8. The van der Waals surface area contributed by atoms with Crippen LogP contribution in [0.2, 0.25) is 0 Å². The second-order valence-corrected chi connectivity index (χ2v) is 32.6. The summed E-state index contributed by atoms with van der Waals surface area (Å²) in [5.74, 6) is 0. The Hall–Kier alpha value is -16.0. The topological polar surface area (TPSA) is 6.48 Å². The van der Waals surface area contributed by atoms with Crippen LogP contribution >= 0.6 is 0 Å². The smallest absolute Gasteiger partial charge is 0.0714 e. The van der Waals surface area contributed by atoms with Crippen LogP contribution in [0.3, 0.4) is 0 Å². The first-order valence-electron chi connectivity index (χ1n) is 42.6. The van der Waals surface area contributed by atoms with E-state index in [1.165, 1.54) is 148 Å². The van der Waals surface area contributed by atoms with Crippen molar-refractivity contribution in [3.05, 3.63) is 508 Å². The molecule has 22 aromatic rings. The molecular weight excluding hydrogens is 1480 g/mol. The summed E-state index contributed by atoms with van der Waals surface area (Å²) < 4.78 is 0. The number of nitrogens with zero attached hydrogens (tertiary/aromatic N) is 2. The van der Waals surface area contributed by atoms with Crippen LogP contribution in [-0.2, 0) is 5.41 Å². The van der Waals surface area contributed by atoms with E-state index >= 15 is 0 Å². The van der Waals surface area contributed by atoms with Crippen molar-refractivity contribution in [3.63, 3.8) is 0 Å². The molecule has 0 unspecified atom stereocenters. The largest absolute Gasteiger partial charge is 0.310 e. The van der Waals surface area contributed by atoms with Crippen LogP contribution in [0.25, 0.3) is 165 Å². The molecule has 0 saturated heterocycles. The van der Waals surface area contributed by atoms with Crippen molar-refractivity contribution in [2.24, 2.45) is 0 Å². The zero-order valence-corrected chi connectivity index (χ0v) is 67.6. The van der Waals surface area contributed by atoms with E-state index in [2.05, 4.69) is 495 Å². The van der Waals surface area contributed by atoms with Crippen molar-refractivity contribution in [2.75, 3.05) is 9.80 Å². The number of fused-ring (bicyclic) bond motifs is 10. The third kappa shape index (κ3) is 12.8. The highest BCUT2D eigenvalue weighted by Gasteiger charge is 2.47. The maximum Gasteiger partial charge on any atom is 0.0714 e. The lowest BCUT2D eigenvalue weighted by atomic mass is 9.67. The molecular formula is C121H80N2. The van der Waals surface area contributed by atoms with Gasteiger partial charge in [-0.2, -0.15) is 0 Å². The Balaban J connectivity index is 0.601. The minimum absolute atomic E-state index is 0.691. The highest BCUT2D eigenvalue weighted by Crippen LogP contribution is 2.59. The summed E-state index contributed by atoms with van der Waals surface area (Å²) in [6.07, 6.45) is 0. The van der Waals surface area contributed by atoms with Crippen LogP contribution in [-0.4, -0.2) is 0 Å². The predicted octanol–water partition coefficient (Wildman–Crippen LogP) is 33.2. The van der Waals surface area contributed by atoms with Gasteiger partial charge < -0.3 is 9.80 Å². The minimum atomic E-state index is -0.691. The number of benzene rings is 22. The van der Waals surface area contributed by atoms with Gasteiger partial charge in [0.15, 0.2) is 0 Å². The molecule has 0 fully saturated rings. The lowest BCUT2D eigenvalue weighted by Gasteiger charge is -2.35. The molecule has 0 spiro atoms. The number of hydrogen-bond donors (Lipinski definition) is 0. The average molecular weight is 1560 g/mol. The van der Waals surface area contributed by atoms with Crippen molar-refractivity contribution in [2.45, 2.75) is 5.41 Å². The fourth-order valence-corrected chi connectivity index (χ4v) is 19.8. The Bertz CT molecular complexity index is 7770. The molecule has 1 aliphatic rings. The Morgan fingerprint density at radius 2 is 0.447 bits per heavy atom. The number of anilines is 6. The fourth-order valence-electron chi connectivity index (χ4n) is 19.8. The first-order chi connectivity index (χ1) is 60.9. The SMILES string of the molecule is c1ccc(C2(c3ccccc3)c3ccc(-c4cc(-c5ccc(-c6ccc(N(c7ccc(-c8ccc9c(ccc%10ccccc%109)c8)cc7)c7cccc(-c8cccc9ccccc89)c7)cc6)cc5)c5ccccc5c4)cc3-c3ccc(N(c4ccc(-c5ccc(-c6cccc7ccccc67)cc5)cc4)c4cccc(-c5cccc6ccccc56)c4)cc32)cc1. The van der Waals surface area contributed by atoms with Crippen molar-refractivity contribution in [1.82, 2.24) is 0 Å². The first kappa shape index (κ1) is 72.2. The fraction of sp³-hybridized carbons (Fsp3) is 0.00826.